The van der Waals surface area contributed by atoms with Gasteiger partial charge in [-0.05, 0) is 41.5 Å². The fraction of sp³-hybridized carbons (Fsp3) is 1.00. The highest BCUT2D eigenvalue weighted by Gasteiger charge is 2.54. The molecule has 4 fully saturated rings. The maximum Gasteiger partial charge on any atom is 0.187 e. The molecule has 17 heteroatoms. The molecular formula is C28H50O17. The molecule has 4 aliphatic rings. The molecule has 20 atom stereocenters. The van der Waals surface area contributed by atoms with Crippen molar-refractivity contribution < 1.29 is 83.5 Å². The van der Waals surface area contributed by atoms with Crippen LogP contribution < -0.4 is 0 Å². The topological polar surface area (TPSA) is 245 Å². The van der Waals surface area contributed by atoms with Crippen molar-refractivity contribution in [2.45, 2.75) is 170 Å². The lowest BCUT2D eigenvalue weighted by Gasteiger charge is -2.49. The molecule has 0 aromatic carbocycles. The van der Waals surface area contributed by atoms with Crippen molar-refractivity contribution >= 4 is 0 Å². The van der Waals surface area contributed by atoms with Crippen LogP contribution in [0.1, 0.15) is 41.5 Å². The third-order valence-corrected chi connectivity index (χ3v) is 8.67. The van der Waals surface area contributed by atoms with Gasteiger partial charge in [0.05, 0.1) is 30.5 Å². The zero-order chi connectivity index (χ0) is 33.5. The lowest BCUT2D eigenvalue weighted by atomic mass is 9.96. The Morgan fingerprint density at radius 3 is 1.22 bits per heavy atom. The van der Waals surface area contributed by atoms with Gasteiger partial charge in [-0.15, -0.1) is 0 Å². The quantitative estimate of drug-likeness (QED) is 0.119. The van der Waals surface area contributed by atoms with Gasteiger partial charge in [0.15, 0.2) is 25.2 Å². The summed E-state index contributed by atoms with van der Waals surface area (Å²) in [6.45, 7) is 9.44. The first-order chi connectivity index (χ1) is 21.1. The summed E-state index contributed by atoms with van der Waals surface area (Å²) in [5, 5.41) is 86.3. The Kier molecular flexibility index (Phi) is 12.6. The van der Waals surface area contributed by atoms with E-state index in [9.17, 15) is 40.9 Å². The van der Waals surface area contributed by atoms with Crippen LogP contribution in [0, 0.1) is 0 Å². The molecular weight excluding hydrogens is 608 g/mol. The lowest BCUT2D eigenvalue weighted by Crippen LogP contribution is -2.66. The molecule has 4 rings (SSSR count). The van der Waals surface area contributed by atoms with Crippen LogP contribution in [-0.2, 0) is 42.6 Å². The molecule has 45 heavy (non-hydrogen) atoms. The summed E-state index contributed by atoms with van der Waals surface area (Å²) in [4.78, 5) is 0. The fourth-order valence-corrected chi connectivity index (χ4v) is 5.91. The molecule has 0 aromatic heterocycles. The minimum atomic E-state index is -1.72. The molecule has 0 saturated carbocycles. The van der Waals surface area contributed by atoms with Crippen molar-refractivity contribution in [2.24, 2.45) is 0 Å². The van der Waals surface area contributed by atoms with E-state index in [-0.39, 0.29) is 0 Å². The molecule has 0 radical (unpaired) electrons. The third-order valence-electron chi connectivity index (χ3n) is 8.67. The van der Waals surface area contributed by atoms with E-state index in [1.807, 2.05) is 0 Å². The zero-order valence-electron chi connectivity index (χ0n) is 26.4. The molecule has 4 aliphatic heterocycles. The molecule has 0 spiro atoms. The monoisotopic (exact) mass is 658 g/mol. The van der Waals surface area contributed by atoms with Gasteiger partial charge in [0.2, 0.25) is 0 Å². The highest BCUT2D eigenvalue weighted by Crippen LogP contribution is 2.35. The molecule has 0 bridgehead atoms. The normalized spacial score (nSPS) is 53.1. The van der Waals surface area contributed by atoms with Crippen LogP contribution in [0.25, 0.3) is 0 Å². The van der Waals surface area contributed by atoms with E-state index in [0.29, 0.717) is 0 Å². The number of rotatable bonds is 9. The standard InChI is InChI=1S/C28H50O17/c1-8(2)38-24-18(34)14(30)10(4)42-28(24)44-22-16(32)12(6)39-25(20(22)36)43-21-15(31)11(5)40-26(19(21)35)45-23-17(33)13(29)9(3)41-27(23)37-7/h8-36H,1-7H3/t9?,10?,11?,12?,13-,14?,15-,16-,17+,18-,19?,20-,21+,22?,23?,24-,25-,26-,27+,28-/m1/s1. The number of aliphatic hydroxyl groups excluding tert-OH is 8. The molecule has 0 aromatic rings. The van der Waals surface area contributed by atoms with Crippen molar-refractivity contribution in [1.82, 2.24) is 0 Å². The summed E-state index contributed by atoms with van der Waals surface area (Å²) < 4.78 is 51.3. The van der Waals surface area contributed by atoms with Crippen molar-refractivity contribution in [3.05, 3.63) is 0 Å². The average molecular weight is 659 g/mol. The Morgan fingerprint density at radius 1 is 0.422 bits per heavy atom. The summed E-state index contributed by atoms with van der Waals surface area (Å²) >= 11 is 0. The Bertz CT molecular complexity index is 928. The number of ether oxygens (including phenoxy) is 9. The molecule has 17 nitrogen and oxygen atoms in total. The van der Waals surface area contributed by atoms with Crippen LogP contribution in [-0.4, -0.2) is 177 Å². The first-order valence-electron chi connectivity index (χ1n) is 15.3. The summed E-state index contributed by atoms with van der Waals surface area (Å²) in [6, 6.07) is 0. The molecule has 264 valence electrons. The van der Waals surface area contributed by atoms with Crippen molar-refractivity contribution in [3.63, 3.8) is 0 Å². The van der Waals surface area contributed by atoms with Crippen molar-refractivity contribution in [1.29, 1.82) is 0 Å². The maximum atomic E-state index is 11.3. The minimum Gasteiger partial charge on any atom is -0.388 e. The number of hydrogen-bond acceptors (Lipinski definition) is 17. The number of aliphatic hydroxyl groups is 8. The van der Waals surface area contributed by atoms with Crippen LogP contribution in [0.4, 0.5) is 0 Å². The predicted octanol–water partition coefficient (Wildman–Crippen LogP) is -3.55. The zero-order valence-corrected chi connectivity index (χ0v) is 26.4. The Balaban J connectivity index is 1.50. The smallest absolute Gasteiger partial charge is 0.187 e. The fourth-order valence-electron chi connectivity index (χ4n) is 5.91. The Hall–Kier alpha value is -0.680. The van der Waals surface area contributed by atoms with E-state index < -0.39 is 129 Å². The van der Waals surface area contributed by atoms with E-state index in [1.165, 1.54) is 27.9 Å². The van der Waals surface area contributed by atoms with Crippen LogP contribution in [0.15, 0.2) is 0 Å². The van der Waals surface area contributed by atoms with Crippen LogP contribution in [0.5, 0.6) is 0 Å². The molecule has 0 amide bonds. The summed E-state index contributed by atoms with van der Waals surface area (Å²) in [5.74, 6) is 0. The summed E-state index contributed by atoms with van der Waals surface area (Å²) in [5.41, 5.74) is 0. The average Bonchev–Trinajstić information content (AvgIpc) is 2.99. The number of methoxy groups -OCH3 is 1. The first-order valence-corrected chi connectivity index (χ1v) is 15.3. The Labute approximate surface area is 261 Å². The van der Waals surface area contributed by atoms with Gasteiger partial charge in [-0.25, -0.2) is 0 Å². The summed E-state index contributed by atoms with van der Waals surface area (Å²) in [6.07, 6.45) is -26.8. The van der Waals surface area contributed by atoms with Crippen LogP contribution in [0.3, 0.4) is 0 Å². The second-order valence-electron chi connectivity index (χ2n) is 12.5. The van der Waals surface area contributed by atoms with Gasteiger partial charge in [-0.3, -0.25) is 0 Å². The van der Waals surface area contributed by atoms with Crippen molar-refractivity contribution in [2.75, 3.05) is 7.11 Å². The van der Waals surface area contributed by atoms with Gasteiger partial charge in [0, 0.05) is 7.11 Å². The minimum absolute atomic E-state index is 0.403. The molecule has 0 aliphatic carbocycles. The Morgan fingerprint density at radius 2 is 0.778 bits per heavy atom. The largest absolute Gasteiger partial charge is 0.388 e. The van der Waals surface area contributed by atoms with Gasteiger partial charge in [0.1, 0.15) is 73.2 Å². The molecule has 8 unspecified atom stereocenters. The summed E-state index contributed by atoms with van der Waals surface area (Å²) in [7, 11) is 1.31. The second kappa shape index (κ2) is 15.3. The molecule has 4 saturated heterocycles. The lowest BCUT2D eigenvalue weighted by molar-refractivity contribution is -0.388. The van der Waals surface area contributed by atoms with Gasteiger partial charge in [-0.1, -0.05) is 0 Å². The van der Waals surface area contributed by atoms with Gasteiger partial charge >= 0.3 is 0 Å². The number of hydrogen-bond donors (Lipinski definition) is 8. The molecule has 8 N–H and O–H groups in total. The molecule has 4 heterocycles. The van der Waals surface area contributed by atoms with E-state index in [2.05, 4.69) is 0 Å². The highest BCUT2D eigenvalue weighted by molar-refractivity contribution is 4.96. The van der Waals surface area contributed by atoms with Crippen LogP contribution >= 0.6 is 0 Å². The highest BCUT2D eigenvalue weighted by atomic mass is 16.8. The SMILES string of the molecule is CO[C@H]1OC(C)[C@@H](O)[C@H](O)C1O[C@H]1OC(C)[C@@H](O)[C@H](O[C@H]2OC(C)[C@@H](O)C(O[C@H]3OC(C)C(O)[C@@H](O)[C@H]3OC(C)C)[C@H]2O)C1O. The second-order valence-corrected chi connectivity index (χ2v) is 12.5. The van der Waals surface area contributed by atoms with E-state index >= 15 is 0 Å². The first kappa shape index (κ1) is 37.1. The third kappa shape index (κ3) is 7.81. The van der Waals surface area contributed by atoms with E-state index in [1.54, 1.807) is 20.8 Å². The van der Waals surface area contributed by atoms with Gasteiger partial charge in [-0.2, -0.15) is 0 Å². The van der Waals surface area contributed by atoms with Gasteiger partial charge < -0.3 is 83.5 Å². The maximum absolute atomic E-state index is 11.3. The van der Waals surface area contributed by atoms with Crippen molar-refractivity contribution in [3.8, 4) is 0 Å². The predicted molar refractivity (Wildman–Crippen MR) is 147 cm³/mol. The van der Waals surface area contributed by atoms with E-state index in [0.717, 1.165) is 0 Å². The van der Waals surface area contributed by atoms with Gasteiger partial charge in [0.25, 0.3) is 0 Å². The van der Waals surface area contributed by atoms with E-state index in [4.69, 9.17) is 42.6 Å². The van der Waals surface area contributed by atoms with Crippen LogP contribution in [0.2, 0.25) is 0 Å².